The fourth-order valence-electron chi connectivity index (χ4n) is 2.16. The van der Waals surface area contributed by atoms with Crippen molar-refractivity contribution in [1.29, 1.82) is 0 Å². The number of hydrogen-bond donors (Lipinski definition) is 0. The van der Waals surface area contributed by atoms with Gasteiger partial charge in [-0.3, -0.25) is 0 Å². The predicted octanol–water partition coefficient (Wildman–Crippen LogP) is 6.47. The van der Waals surface area contributed by atoms with Crippen molar-refractivity contribution in [2.75, 3.05) is 0 Å². The van der Waals surface area contributed by atoms with Gasteiger partial charge in [0.15, 0.2) is 3.67 Å². The minimum absolute atomic E-state index is 0.434. The largest absolute Gasteiger partial charge is 0.447 e. The van der Waals surface area contributed by atoms with Crippen LogP contribution in [-0.2, 0) is 4.57 Å². The number of halogens is 1. The molecule has 0 aliphatic carbocycles. The highest BCUT2D eigenvalue weighted by atomic mass is 127. The second-order valence-electron chi connectivity index (χ2n) is 5.09. The Labute approximate surface area is 155 Å². The second-order valence-corrected chi connectivity index (χ2v) is 9.29. The maximum Gasteiger partial charge on any atom is 0.447 e. The van der Waals surface area contributed by atoms with Crippen LogP contribution >= 0.6 is 30.2 Å². The predicted molar refractivity (Wildman–Crippen MR) is 105 cm³/mol. The van der Waals surface area contributed by atoms with Gasteiger partial charge < -0.3 is 9.05 Å². The molecule has 5 heteroatoms. The maximum atomic E-state index is 13.6. The zero-order chi connectivity index (χ0) is 16.8. The van der Waals surface area contributed by atoms with Crippen molar-refractivity contribution in [3.63, 3.8) is 0 Å². The second kappa shape index (κ2) is 7.86. The van der Waals surface area contributed by atoms with Crippen molar-refractivity contribution in [1.82, 2.24) is 0 Å². The summed E-state index contributed by atoms with van der Waals surface area (Å²) < 4.78 is 24.9. The molecule has 0 aliphatic rings. The topological polar surface area (TPSA) is 35.5 Å². The summed E-state index contributed by atoms with van der Waals surface area (Å²) in [5, 5.41) is 0. The van der Waals surface area contributed by atoms with E-state index < -0.39 is 11.3 Å². The van der Waals surface area contributed by atoms with Crippen molar-refractivity contribution in [2.24, 2.45) is 0 Å². The fraction of sp³-hybridized carbons (Fsp3) is 0.0526. The monoisotopic (exact) mass is 450 g/mol. The highest BCUT2D eigenvalue weighted by Gasteiger charge is 2.38. The number of benzene rings is 3. The molecule has 0 saturated heterocycles. The van der Waals surface area contributed by atoms with E-state index in [9.17, 15) is 4.57 Å². The van der Waals surface area contributed by atoms with E-state index in [1.165, 1.54) is 0 Å². The van der Waals surface area contributed by atoms with E-state index in [2.05, 4.69) is 22.6 Å². The highest BCUT2D eigenvalue weighted by Crippen LogP contribution is 2.63. The molecule has 0 fully saturated rings. The SMILES string of the molecule is O=P(Oc1ccccc1)(Oc1ccccc1)C(I)c1ccccc1. The van der Waals surface area contributed by atoms with Crippen LogP contribution in [0.5, 0.6) is 11.5 Å². The van der Waals surface area contributed by atoms with Gasteiger partial charge in [-0.25, -0.2) is 4.57 Å². The first kappa shape index (κ1) is 17.1. The summed E-state index contributed by atoms with van der Waals surface area (Å²) in [6, 6.07) is 27.8. The van der Waals surface area contributed by atoms with Gasteiger partial charge in [0, 0.05) is 0 Å². The van der Waals surface area contributed by atoms with Crippen LogP contribution in [0.25, 0.3) is 0 Å². The minimum Gasteiger partial charge on any atom is -0.415 e. The molecular weight excluding hydrogens is 434 g/mol. The molecule has 0 N–H and O–H groups in total. The van der Waals surface area contributed by atoms with Gasteiger partial charge in [0.05, 0.1) is 0 Å². The Kier molecular flexibility index (Phi) is 5.59. The van der Waals surface area contributed by atoms with Gasteiger partial charge in [-0.15, -0.1) is 0 Å². The fourth-order valence-corrected chi connectivity index (χ4v) is 4.85. The first-order valence-electron chi connectivity index (χ1n) is 7.45. The zero-order valence-electron chi connectivity index (χ0n) is 12.8. The zero-order valence-corrected chi connectivity index (χ0v) is 15.8. The summed E-state index contributed by atoms with van der Waals surface area (Å²) in [6.45, 7) is 0. The summed E-state index contributed by atoms with van der Waals surface area (Å²) in [6.07, 6.45) is 0. The molecule has 1 unspecified atom stereocenters. The van der Waals surface area contributed by atoms with E-state index in [0.29, 0.717) is 11.5 Å². The molecule has 3 nitrogen and oxygen atoms in total. The Morgan fingerprint density at radius 2 is 1.04 bits per heavy atom. The van der Waals surface area contributed by atoms with E-state index in [4.69, 9.17) is 9.05 Å². The van der Waals surface area contributed by atoms with Crippen LogP contribution in [0, 0.1) is 0 Å². The van der Waals surface area contributed by atoms with Gasteiger partial charge >= 0.3 is 7.60 Å². The number of hydrogen-bond acceptors (Lipinski definition) is 3. The van der Waals surface area contributed by atoms with Gasteiger partial charge in [-0.2, -0.15) is 0 Å². The average Bonchev–Trinajstić information content (AvgIpc) is 2.63. The van der Waals surface area contributed by atoms with Crippen molar-refractivity contribution in [2.45, 2.75) is 3.67 Å². The molecule has 3 rings (SSSR count). The quantitative estimate of drug-likeness (QED) is 0.245. The Balaban J connectivity index is 1.95. The molecule has 122 valence electrons. The van der Waals surface area contributed by atoms with Gasteiger partial charge in [-0.05, 0) is 29.8 Å². The van der Waals surface area contributed by atoms with Gasteiger partial charge in [0.25, 0.3) is 0 Å². The van der Waals surface area contributed by atoms with Crippen LogP contribution in [0.3, 0.4) is 0 Å². The lowest BCUT2D eigenvalue weighted by Crippen LogP contribution is -2.06. The Morgan fingerprint density at radius 3 is 1.46 bits per heavy atom. The highest BCUT2D eigenvalue weighted by molar-refractivity contribution is 14.1. The van der Waals surface area contributed by atoms with Crippen LogP contribution in [-0.4, -0.2) is 0 Å². The molecule has 0 amide bonds. The van der Waals surface area contributed by atoms with Crippen molar-refractivity contribution in [3.05, 3.63) is 96.6 Å². The normalized spacial score (nSPS) is 12.4. The summed E-state index contributed by atoms with van der Waals surface area (Å²) in [5.74, 6) is 1.05. The van der Waals surface area contributed by atoms with Crippen molar-refractivity contribution in [3.8, 4) is 11.5 Å². The first-order chi connectivity index (χ1) is 11.7. The third-order valence-corrected chi connectivity index (χ3v) is 7.85. The summed E-state index contributed by atoms with van der Waals surface area (Å²) in [5.41, 5.74) is 0.897. The molecule has 0 bridgehead atoms. The Bertz CT molecular complexity index is 764. The molecule has 3 aromatic carbocycles. The first-order valence-corrected chi connectivity index (χ1v) is 10.3. The molecule has 0 saturated carbocycles. The molecule has 3 aromatic rings. The van der Waals surface area contributed by atoms with E-state index in [1.54, 1.807) is 24.3 Å². The van der Waals surface area contributed by atoms with Crippen LogP contribution in [0.4, 0.5) is 0 Å². The third kappa shape index (κ3) is 4.19. The van der Waals surface area contributed by atoms with E-state index >= 15 is 0 Å². The summed E-state index contributed by atoms with van der Waals surface area (Å²) in [7, 11) is -3.49. The van der Waals surface area contributed by atoms with E-state index in [0.717, 1.165) is 5.56 Å². The smallest absolute Gasteiger partial charge is 0.415 e. The lowest BCUT2D eigenvalue weighted by Gasteiger charge is -2.24. The van der Waals surface area contributed by atoms with Crippen LogP contribution < -0.4 is 9.05 Å². The molecule has 0 aromatic heterocycles. The molecular formula is C19H16IO3P. The molecule has 0 radical (unpaired) electrons. The Hall–Kier alpha value is -1.78. The lowest BCUT2D eigenvalue weighted by atomic mass is 10.2. The Morgan fingerprint density at radius 1 is 0.667 bits per heavy atom. The van der Waals surface area contributed by atoms with Gasteiger partial charge in [0.2, 0.25) is 0 Å². The molecule has 0 spiro atoms. The van der Waals surface area contributed by atoms with Gasteiger partial charge in [0.1, 0.15) is 11.5 Å². The van der Waals surface area contributed by atoms with E-state index in [1.807, 2.05) is 66.7 Å². The third-order valence-electron chi connectivity index (χ3n) is 3.30. The molecule has 1 atom stereocenters. The average molecular weight is 450 g/mol. The van der Waals surface area contributed by atoms with Crippen LogP contribution in [0.1, 0.15) is 9.23 Å². The molecule has 24 heavy (non-hydrogen) atoms. The summed E-state index contributed by atoms with van der Waals surface area (Å²) in [4.78, 5) is 0. The maximum absolute atomic E-state index is 13.6. The van der Waals surface area contributed by atoms with Crippen molar-refractivity contribution < 1.29 is 13.6 Å². The lowest BCUT2D eigenvalue weighted by molar-refractivity contribution is 0.385. The van der Waals surface area contributed by atoms with Gasteiger partial charge in [-0.1, -0.05) is 89.3 Å². The van der Waals surface area contributed by atoms with E-state index in [-0.39, 0.29) is 0 Å². The molecule has 0 heterocycles. The number of para-hydroxylation sites is 2. The number of rotatable bonds is 6. The molecule has 0 aliphatic heterocycles. The standard InChI is InChI=1S/C19H16IO3P/c20-19(16-10-4-1-5-11-16)24(21,22-17-12-6-2-7-13-17)23-18-14-8-3-9-15-18/h1-15,19H. The number of alkyl halides is 1. The van der Waals surface area contributed by atoms with Crippen LogP contribution in [0.15, 0.2) is 91.0 Å². The summed E-state index contributed by atoms with van der Waals surface area (Å²) >= 11 is 2.13. The van der Waals surface area contributed by atoms with Crippen molar-refractivity contribution >= 4 is 30.2 Å². The minimum atomic E-state index is -3.49. The van der Waals surface area contributed by atoms with Crippen LogP contribution in [0.2, 0.25) is 0 Å².